The second kappa shape index (κ2) is 4.57. The van der Waals surface area contributed by atoms with E-state index in [1.165, 1.54) is 12.3 Å². The average Bonchev–Trinajstić information content (AvgIpc) is 2.30. The summed E-state index contributed by atoms with van der Waals surface area (Å²) >= 11 is 0. The average molecular weight is 223 g/mol. The Labute approximate surface area is 93.3 Å². The van der Waals surface area contributed by atoms with Gasteiger partial charge in [-0.2, -0.15) is 0 Å². The monoisotopic (exact) mass is 223 g/mol. The molecule has 86 valence electrons. The second-order valence-electron chi connectivity index (χ2n) is 3.99. The molecule has 0 spiro atoms. The molecule has 0 saturated carbocycles. The lowest BCUT2D eigenvalue weighted by atomic mass is 10.1. The number of amides is 1. The number of hydrogen-bond donors (Lipinski definition) is 1. The van der Waals surface area contributed by atoms with Gasteiger partial charge in [0.15, 0.2) is 5.82 Å². The smallest absolute Gasteiger partial charge is 0.256 e. The summed E-state index contributed by atoms with van der Waals surface area (Å²) in [5.41, 5.74) is 5.83. The van der Waals surface area contributed by atoms with Crippen molar-refractivity contribution in [3.05, 3.63) is 29.8 Å². The standard InChI is InChI=1S/C11H14FN3O/c12-10-7-14-4-1-9(10)11(16)15-5-2-8(13)3-6-15/h1,4,7-8H,2-3,5-6,13H2. The van der Waals surface area contributed by atoms with Gasteiger partial charge in [-0.1, -0.05) is 0 Å². The Balaban J connectivity index is 2.11. The van der Waals surface area contributed by atoms with E-state index in [0.717, 1.165) is 19.0 Å². The van der Waals surface area contributed by atoms with E-state index in [-0.39, 0.29) is 17.5 Å². The maximum absolute atomic E-state index is 13.3. The highest BCUT2D eigenvalue weighted by Crippen LogP contribution is 2.14. The van der Waals surface area contributed by atoms with Crippen molar-refractivity contribution in [1.82, 2.24) is 9.88 Å². The maximum Gasteiger partial charge on any atom is 0.256 e. The van der Waals surface area contributed by atoms with E-state index < -0.39 is 5.82 Å². The number of aromatic nitrogens is 1. The van der Waals surface area contributed by atoms with E-state index in [0.29, 0.717) is 13.1 Å². The predicted octanol–water partition coefficient (Wildman–Crippen LogP) is 0.784. The summed E-state index contributed by atoms with van der Waals surface area (Å²) in [7, 11) is 0. The number of piperidine rings is 1. The van der Waals surface area contributed by atoms with E-state index >= 15 is 0 Å². The summed E-state index contributed by atoms with van der Waals surface area (Å²) in [6.07, 6.45) is 4.03. The number of pyridine rings is 1. The highest BCUT2D eigenvalue weighted by Gasteiger charge is 2.23. The first-order valence-corrected chi connectivity index (χ1v) is 5.33. The first kappa shape index (κ1) is 11.0. The molecule has 1 saturated heterocycles. The molecule has 0 aliphatic carbocycles. The SMILES string of the molecule is NC1CCN(C(=O)c2ccncc2F)CC1. The van der Waals surface area contributed by atoms with Gasteiger partial charge in [0.25, 0.3) is 5.91 Å². The molecule has 2 heterocycles. The molecule has 4 nitrogen and oxygen atoms in total. The molecule has 1 aliphatic rings. The van der Waals surface area contributed by atoms with Crippen LogP contribution in [0.5, 0.6) is 0 Å². The first-order valence-electron chi connectivity index (χ1n) is 5.33. The molecule has 0 radical (unpaired) electrons. The van der Waals surface area contributed by atoms with E-state index in [1.54, 1.807) is 4.90 Å². The van der Waals surface area contributed by atoms with E-state index in [4.69, 9.17) is 5.73 Å². The minimum atomic E-state index is -0.567. The first-order chi connectivity index (χ1) is 7.68. The number of nitrogens with two attached hydrogens (primary N) is 1. The van der Waals surface area contributed by atoms with Crippen LogP contribution in [0.1, 0.15) is 23.2 Å². The molecule has 0 bridgehead atoms. The largest absolute Gasteiger partial charge is 0.338 e. The van der Waals surface area contributed by atoms with Crippen LogP contribution in [0.15, 0.2) is 18.5 Å². The maximum atomic E-state index is 13.3. The summed E-state index contributed by atoms with van der Waals surface area (Å²) < 4.78 is 13.3. The molecule has 1 aromatic rings. The van der Waals surface area contributed by atoms with Gasteiger partial charge in [0.1, 0.15) is 0 Å². The van der Waals surface area contributed by atoms with Crippen molar-refractivity contribution in [2.24, 2.45) is 5.73 Å². The van der Waals surface area contributed by atoms with E-state index in [2.05, 4.69) is 4.98 Å². The summed E-state index contributed by atoms with van der Waals surface area (Å²) in [5, 5.41) is 0. The third-order valence-electron chi connectivity index (χ3n) is 2.83. The molecular formula is C11H14FN3O. The number of nitrogens with zero attached hydrogens (tertiary/aromatic N) is 2. The Morgan fingerprint density at radius 1 is 1.50 bits per heavy atom. The minimum Gasteiger partial charge on any atom is -0.338 e. The van der Waals surface area contributed by atoms with Crippen LogP contribution in [-0.2, 0) is 0 Å². The number of rotatable bonds is 1. The Morgan fingerprint density at radius 3 is 2.81 bits per heavy atom. The number of halogens is 1. The van der Waals surface area contributed by atoms with Crippen molar-refractivity contribution in [3.63, 3.8) is 0 Å². The van der Waals surface area contributed by atoms with Gasteiger partial charge < -0.3 is 10.6 Å². The molecule has 5 heteroatoms. The topological polar surface area (TPSA) is 59.2 Å². The second-order valence-corrected chi connectivity index (χ2v) is 3.99. The lowest BCUT2D eigenvalue weighted by Crippen LogP contribution is -2.43. The Hall–Kier alpha value is -1.49. The highest BCUT2D eigenvalue weighted by molar-refractivity contribution is 5.94. The number of carbonyl (C=O) groups is 1. The van der Waals surface area contributed by atoms with E-state index in [1.807, 2.05) is 0 Å². The fraction of sp³-hybridized carbons (Fsp3) is 0.455. The zero-order valence-electron chi connectivity index (χ0n) is 8.90. The van der Waals surface area contributed by atoms with Crippen LogP contribution in [0.25, 0.3) is 0 Å². The lowest BCUT2D eigenvalue weighted by molar-refractivity contribution is 0.0710. The zero-order valence-corrected chi connectivity index (χ0v) is 8.90. The molecule has 16 heavy (non-hydrogen) atoms. The van der Waals surface area contributed by atoms with E-state index in [9.17, 15) is 9.18 Å². The number of hydrogen-bond acceptors (Lipinski definition) is 3. The van der Waals surface area contributed by atoms with Crippen molar-refractivity contribution >= 4 is 5.91 Å². The molecule has 0 aromatic carbocycles. The number of carbonyl (C=O) groups excluding carboxylic acids is 1. The summed E-state index contributed by atoms with van der Waals surface area (Å²) in [5.74, 6) is -0.839. The molecule has 0 atom stereocenters. The zero-order chi connectivity index (χ0) is 11.5. The van der Waals surface area contributed by atoms with Gasteiger partial charge in [-0.05, 0) is 18.9 Å². The predicted molar refractivity (Wildman–Crippen MR) is 57.3 cm³/mol. The molecular weight excluding hydrogens is 209 g/mol. The Morgan fingerprint density at radius 2 is 2.19 bits per heavy atom. The van der Waals surface area contributed by atoms with Gasteiger partial charge >= 0.3 is 0 Å². The molecule has 2 N–H and O–H groups in total. The van der Waals surface area contributed by atoms with Gasteiger partial charge in [0.2, 0.25) is 0 Å². The van der Waals surface area contributed by atoms with Crippen LogP contribution in [0, 0.1) is 5.82 Å². The van der Waals surface area contributed by atoms with Gasteiger partial charge in [0, 0.05) is 25.3 Å². The van der Waals surface area contributed by atoms with Crippen molar-refractivity contribution in [3.8, 4) is 0 Å². The Bertz CT molecular complexity index is 389. The van der Waals surface area contributed by atoms with Crippen LogP contribution in [0.4, 0.5) is 4.39 Å². The fourth-order valence-electron chi connectivity index (χ4n) is 1.82. The summed E-state index contributed by atoms with van der Waals surface area (Å²) in [6, 6.07) is 1.57. The fourth-order valence-corrected chi connectivity index (χ4v) is 1.82. The van der Waals surface area contributed by atoms with Crippen LogP contribution >= 0.6 is 0 Å². The van der Waals surface area contributed by atoms with Gasteiger partial charge in [0.05, 0.1) is 11.8 Å². The molecule has 0 unspecified atom stereocenters. The van der Waals surface area contributed by atoms with Crippen LogP contribution in [0.3, 0.4) is 0 Å². The van der Waals surface area contributed by atoms with Crippen molar-refractivity contribution in [1.29, 1.82) is 0 Å². The normalized spacial score (nSPS) is 17.5. The lowest BCUT2D eigenvalue weighted by Gasteiger charge is -2.30. The van der Waals surface area contributed by atoms with Gasteiger partial charge in [-0.25, -0.2) is 4.39 Å². The quantitative estimate of drug-likeness (QED) is 0.765. The molecule has 1 amide bonds. The van der Waals surface area contributed by atoms with Crippen molar-refractivity contribution in [2.45, 2.75) is 18.9 Å². The third-order valence-corrected chi connectivity index (χ3v) is 2.83. The Kier molecular flexibility index (Phi) is 3.14. The van der Waals surface area contributed by atoms with Crippen LogP contribution in [-0.4, -0.2) is 34.9 Å². The van der Waals surface area contributed by atoms with Crippen molar-refractivity contribution < 1.29 is 9.18 Å². The molecule has 1 fully saturated rings. The summed E-state index contributed by atoms with van der Waals surface area (Å²) in [4.78, 5) is 17.2. The van der Waals surface area contributed by atoms with Gasteiger partial charge in [-0.3, -0.25) is 9.78 Å². The van der Waals surface area contributed by atoms with Crippen molar-refractivity contribution in [2.75, 3.05) is 13.1 Å². The highest BCUT2D eigenvalue weighted by atomic mass is 19.1. The van der Waals surface area contributed by atoms with Gasteiger partial charge in [-0.15, -0.1) is 0 Å². The van der Waals surface area contributed by atoms with Crippen LogP contribution < -0.4 is 5.73 Å². The third kappa shape index (κ3) is 2.19. The number of likely N-dealkylation sites (tertiary alicyclic amines) is 1. The molecule has 1 aliphatic heterocycles. The molecule has 1 aromatic heterocycles. The van der Waals surface area contributed by atoms with Crippen LogP contribution in [0.2, 0.25) is 0 Å². The minimum absolute atomic E-state index is 0.0884. The molecule has 2 rings (SSSR count). The summed E-state index contributed by atoms with van der Waals surface area (Å²) in [6.45, 7) is 1.20.